The Hall–Kier alpha value is -0.870. The SMILES string of the molecule is CCCCCCC(O)C/C=C/CCCCCCCC(=O)NCCC[NH+](C)C. The molecule has 160 valence electrons. The summed E-state index contributed by atoms with van der Waals surface area (Å²) in [7, 11) is 4.27. The normalized spacial score (nSPS) is 12.8. The van der Waals surface area contributed by atoms with Crippen molar-refractivity contribution in [3.05, 3.63) is 12.2 Å². The maximum atomic E-state index is 11.7. The Balaban J connectivity index is 3.33. The van der Waals surface area contributed by atoms with E-state index in [1.54, 1.807) is 0 Å². The van der Waals surface area contributed by atoms with Gasteiger partial charge in [0.25, 0.3) is 0 Å². The maximum absolute atomic E-state index is 11.7. The lowest BCUT2D eigenvalue weighted by Gasteiger charge is -2.08. The van der Waals surface area contributed by atoms with Gasteiger partial charge in [0.05, 0.1) is 26.7 Å². The number of aliphatic hydroxyl groups excluding tert-OH is 1. The highest BCUT2D eigenvalue weighted by Crippen LogP contribution is 2.10. The molecule has 0 aliphatic heterocycles. The number of amides is 1. The fourth-order valence-corrected chi connectivity index (χ4v) is 3.13. The molecule has 0 aliphatic rings. The van der Waals surface area contributed by atoms with E-state index in [9.17, 15) is 9.90 Å². The second-order valence-corrected chi connectivity index (χ2v) is 8.18. The number of hydrogen-bond acceptors (Lipinski definition) is 2. The predicted octanol–water partition coefficient (Wildman–Crippen LogP) is 3.65. The van der Waals surface area contributed by atoms with Gasteiger partial charge in [-0.05, 0) is 32.1 Å². The van der Waals surface area contributed by atoms with E-state index in [1.807, 2.05) is 0 Å². The Morgan fingerprint density at radius 2 is 1.67 bits per heavy atom. The lowest BCUT2D eigenvalue weighted by molar-refractivity contribution is -0.858. The molecule has 1 atom stereocenters. The molecular formula is C23H47N2O2+. The van der Waals surface area contributed by atoms with Crippen molar-refractivity contribution in [2.45, 2.75) is 103 Å². The van der Waals surface area contributed by atoms with Crippen molar-refractivity contribution in [2.24, 2.45) is 0 Å². The fraction of sp³-hybridized carbons (Fsp3) is 0.870. The van der Waals surface area contributed by atoms with E-state index >= 15 is 0 Å². The minimum atomic E-state index is -0.159. The summed E-state index contributed by atoms with van der Waals surface area (Å²) in [6, 6.07) is 0. The van der Waals surface area contributed by atoms with Gasteiger partial charge in [0.1, 0.15) is 0 Å². The molecule has 3 N–H and O–H groups in total. The molecule has 4 heteroatoms. The quantitative estimate of drug-likeness (QED) is 0.236. The van der Waals surface area contributed by atoms with Crippen molar-refractivity contribution in [1.29, 1.82) is 0 Å². The molecule has 0 saturated heterocycles. The highest BCUT2D eigenvalue weighted by molar-refractivity contribution is 5.75. The van der Waals surface area contributed by atoms with Gasteiger partial charge in [0, 0.05) is 19.4 Å². The Bertz CT molecular complexity index is 356. The highest BCUT2D eigenvalue weighted by atomic mass is 16.3. The molecule has 0 aromatic heterocycles. The van der Waals surface area contributed by atoms with E-state index in [-0.39, 0.29) is 12.0 Å². The molecule has 0 rings (SSSR count). The number of quaternary nitrogens is 1. The van der Waals surface area contributed by atoms with Crippen LogP contribution in [0.15, 0.2) is 12.2 Å². The van der Waals surface area contributed by atoms with Crippen molar-refractivity contribution in [1.82, 2.24) is 5.32 Å². The van der Waals surface area contributed by atoms with Crippen molar-refractivity contribution in [3.8, 4) is 0 Å². The number of aliphatic hydroxyl groups is 1. The van der Waals surface area contributed by atoms with Crippen LogP contribution in [0.3, 0.4) is 0 Å². The van der Waals surface area contributed by atoms with Crippen molar-refractivity contribution in [3.63, 3.8) is 0 Å². The van der Waals surface area contributed by atoms with Gasteiger partial charge in [-0.2, -0.15) is 0 Å². The van der Waals surface area contributed by atoms with E-state index in [0.717, 1.165) is 58.0 Å². The van der Waals surface area contributed by atoms with Crippen LogP contribution in [0.25, 0.3) is 0 Å². The lowest BCUT2D eigenvalue weighted by atomic mass is 10.1. The summed E-state index contributed by atoms with van der Waals surface area (Å²) in [5.74, 6) is 0.208. The topological polar surface area (TPSA) is 53.8 Å². The number of rotatable bonds is 19. The van der Waals surface area contributed by atoms with Crippen molar-refractivity contribution < 1.29 is 14.8 Å². The summed E-state index contributed by atoms with van der Waals surface area (Å²) < 4.78 is 0. The number of nitrogens with one attached hydrogen (secondary N) is 2. The average Bonchev–Trinajstić information content (AvgIpc) is 2.63. The van der Waals surface area contributed by atoms with Crippen LogP contribution >= 0.6 is 0 Å². The second kappa shape index (κ2) is 19.9. The number of hydrogen-bond donors (Lipinski definition) is 3. The zero-order valence-corrected chi connectivity index (χ0v) is 18.4. The van der Waals surface area contributed by atoms with Crippen LogP contribution in [0.5, 0.6) is 0 Å². The largest absolute Gasteiger partial charge is 0.393 e. The Morgan fingerprint density at radius 3 is 2.41 bits per heavy atom. The van der Waals surface area contributed by atoms with Crippen molar-refractivity contribution in [2.75, 3.05) is 27.2 Å². The lowest BCUT2D eigenvalue weighted by Crippen LogP contribution is -3.05. The second-order valence-electron chi connectivity index (χ2n) is 8.18. The van der Waals surface area contributed by atoms with Crippen LogP contribution in [0.1, 0.15) is 96.8 Å². The summed E-state index contributed by atoms with van der Waals surface area (Å²) in [5.41, 5.74) is 0. The summed E-state index contributed by atoms with van der Waals surface area (Å²) in [6.45, 7) is 4.13. The minimum Gasteiger partial charge on any atom is -0.393 e. The van der Waals surface area contributed by atoms with E-state index < -0.39 is 0 Å². The van der Waals surface area contributed by atoms with E-state index in [1.165, 1.54) is 43.4 Å². The zero-order valence-electron chi connectivity index (χ0n) is 18.4. The summed E-state index contributed by atoms with van der Waals surface area (Å²) in [6.07, 6.45) is 19.5. The summed E-state index contributed by atoms with van der Waals surface area (Å²) >= 11 is 0. The molecule has 0 aliphatic carbocycles. The van der Waals surface area contributed by atoms with Crippen LogP contribution < -0.4 is 10.2 Å². The summed E-state index contributed by atoms with van der Waals surface area (Å²) in [4.78, 5) is 13.1. The van der Waals surface area contributed by atoms with Gasteiger partial charge in [-0.3, -0.25) is 4.79 Å². The predicted molar refractivity (Wildman–Crippen MR) is 116 cm³/mol. The molecule has 0 aromatic rings. The molecule has 0 saturated carbocycles. The summed E-state index contributed by atoms with van der Waals surface area (Å²) in [5, 5.41) is 12.9. The molecule has 0 aromatic carbocycles. The van der Waals surface area contributed by atoms with Crippen LogP contribution in [0, 0.1) is 0 Å². The molecule has 1 unspecified atom stereocenters. The van der Waals surface area contributed by atoms with Crippen LogP contribution in [-0.2, 0) is 4.79 Å². The first-order valence-corrected chi connectivity index (χ1v) is 11.4. The molecule has 0 radical (unpaired) electrons. The van der Waals surface area contributed by atoms with Crippen LogP contribution in [0.2, 0.25) is 0 Å². The van der Waals surface area contributed by atoms with E-state index in [2.05, 4.69) is 38.5 Å². The fourth-order valence-electron chi connectivity index (χ4n) is 3.13. The van der Waals surface area contributed by atoms with Gasteiger partial charge in [-0.15, -0.1) is 0 Å². The maximum Gasteiger partial charge on any atom is 0.219 e. The Kier molecular flexibility index (Phi) is 19.2. The standard InChI is InChI=1S/C23H46N2O2/c1-4-5-6-13-17-22(26)18-14-11-9-7-8-10-12-15-19-23(27)24-20-16-21-25(2)3/h11,14,22,26H,4-10,12-13,15-21H2,1-3H3,(H,24,27)/p+1/b14-11+. The highest BCUT2D eigenvalue weighted by Gasteiger charge is 2.02. The molecule has 0 heterocycles. The van der Waals surface area contributed by atoms with Gasteiger partial charge in [-0.25, -0.2) is 0 Å². The van der Waals surface area contributed by atoms with Crippen LogP contribution in [0.4, 0.5) is 0 Å². The first kappa shape index (κ1) is 26.1. The first-order chi connectivity index (χ1) is 13.1. The zero-order chi connectivity index (χ0) is 20.2. The third kappa shape index (κ3) is 21.3. The molecule has 0 spiro atoms. The Morgan fingerprint density at radius 1 is 0.963 bits per heavy atom. The van der Waals surface area contributed by atoms with Gasteiger partial charge in [0.15, 0.2) is 0 Å². The molecule has 1 amide bonds. The third-order valence-electron chi connectivity index (χ3n) is 4.92. The third-order valence-corrected chi connectivity index (χ3v) is 4.92. The number of carbonyl (C=O) groups excluding carboxylic acids is 1. The average molecular weight is 384 g/mol. The van der Waals surface area contributed by atoms with Gasteiger partial charge >= 0.3 is 0 Å². The monoisotopic (exact) mass is 383 g/mol. The Labute approximate surface area is 168 Å². The molecule has 0 bridgehead atoms. The molecule has 4 nitrogen and oxygen atoms in total. The number of allylic oxidation sites excluding steroid dienone is 1. The van der Waals surface area contributed by atoms with Gasteiger partial charge in [-0.1, -0.05) is 64.0 Å². The number of carbonyl (C=O) groups is 1. The molecule has 0 fully saturated rings. The van der Waals surface area contributed by atoms with Crippen LogP contribution in [-0.4, -0.2) is 44.3 Å². The van der Waals surface area contributed by atoms with E-state index in [4.69, 9.17) is 0 Å². The van der Waals surface area contributed by atoms with Crippen molar-refractivity contribution >= 4 is 5.91 Å². The van der Waals surface area contributed by atoms with Gasteiger partial charge in [0.2, 0.25) is 5.91 Å². The first-order valence-electron chi connectivity index (χ1n) is 11.4. The smallest absolute Gasteiger partial charge is 0.219 e. The minimum absolute atomic E-state index is 0.159. The number of unbranched alkanes of at least 4 members (excludes halogenated alkanes) is 8. The molecular weight excluding hydrogens is 336 g/mol. The van der Waals surface area contributed by atoms with Gasteiger partial charge < -0.3 is 15.3 Å². The molecule has 27 heavy (non-hydrogen) atoms. The van der Waals surface area contributed by atoms with E-state index in [0.29, 0.717) is 6.42 Å².